The van der Waals surface area contributed by atoms with E-state index in [9.17, 15) is 10.1 Å². The molecule has 0 aliphatic carbocycles. The van der Waals surface area contributed by atoms with Gasteiger partial charge in [-0.05, 0) is 49.2 Å². The zero-order valence-electron chi connectivity index (χ0n) is 15.6. The second kappa shape index (κ2) is 8.67. The molecule has 0 radical (unpaired) electrons. The summed E-state index contributed by atoms with van der Waals surface area (Å²) in [5, 5.41) is 15.5. The van der Waals surface area contributed by atoms with Crippen molar-refractivity contribution in [3.63, 3.8) is 0 Å². The summed E-state index contributed by atoms with van der Waals surface area (Å²) in [6, 6.07) is 15.0. The smallest absolute Gasteiger partial charge is 0.353 e. The fourth-order valence-corrected chi connectivity index (χ4v) is 3.03. The van der Waals surface area contributed by atoms with Gasteiger partial charge in [-0.3, -0.25) is 10.1 Å². The van der Waals surface area contributed by atoms with E-state index in [-0.39, 0.29) is 17.3 Å². The van der Waals surface area contributed by atoms with Crippen molar-refractivity contribution in [2.45, 2.75) is 20.4 Å². The van der Waals surface area contributed by atoms with E-state index in [0.29, 0.717) is 18.1 Å². The Balaban J connectivity index is 1.96. The molecule has 0 bridgehead atoms. The van der Waals surface area contributed by atoms with Gasteiger partial charge in [0.25, 0.3) is 0 Å². The molecule has 0 aliphatic rings. The summed E-state index contributed by atoms with van der Waals surface area (Å²) in [4.78, 5) is 21.5. The van der Waals surface area contributed by atoms with E-state index >= 15 is 0 Å². The minimum absolute atomic E-state index is 0.153. The van der Waals surface area contributed by atoms with Crippen molar-refractivity contribution in [2.24, 2.45) is 0 Å². The lowest BCUT2D eigenvalue weighted by Gasteiger charge is -2.22. The number of rotatable bonds is 7. The molecule has 0 aliphatic heterocycles. The third-order valence-electron chi connectivity index (χ3n) is 4.24. The largest absolute Gasteiger partial charge is 0.360 e. The van der Waals surface area contributed by atoms with E-state index < -0.39 is 4.92 Å². The third kappa shape index (κ3) is 4.37. The molecule has 2 aromatic carbocycles. The van der Waals surface area contributed by atoms with Crippen LogP contribution in [-0.2, 0) is 6.54 Å². The first-order valence-electron chi connectivity index (χ1n) is 8.81. The van der Waals surface area contributed by atoms with Gasteiger partial charge < -0.3 is 10.2 Å². The Morgan fingerprint density at radius 3 is 2.57 bits per heavy atom. The normalized spacial score (nSPS) is 10.5. The number of hydrogen-bond acceptors (Lipinski definition) is 6. The second-order valence-electron chi connectivity index (χ2n) is 6.21. The zero-order chi connectivity index (χ0) is 20.1. The molecule has 0 amide bonds. The maximum atomic E-state index is 11.9. The van der Waals surface area contributed by atoms with Crippen LogP contribution in [0.2, 0.25) is 5.02 Å². The first-order valence-corrected chi connectivity index (χ1v) is 9.19. The van der Waals surface area contributed by atoms with Crippen molar-refractivity contribution in [2.75, 3.05) is 16.8 Å². The van der Waals surface area contributed by atoms with Crippen LogP contribution in [0, 0.1) is 17.0 Å². The van der Waals surface area contributed by atoms with Crippen LogP contribution in [0.3, 0.4) is 0 Å². The zero-order valence-corrected chi connectivity index (χ0v) is 16.3. The standard InChI is InChI=1S/C20H20ClN5O2/c1-3-25(17-6-4-5-14(2)11-17)20-18(26(27)28)19(23-13-24-20)22-12-15-7-9-16(21)10-8-15/h4-11,13H,3,12H2,1-2H3,(H,22,23,24). The van der Waals surface area contributed by atoms with Crippen LogP contribution in [-0.4, -0.2) is 21.4 Å². The summed E-state index contributed by atoms with van der Waals surface area (Å²) in [5.74, 6) is 0.433. The Morgan fingerprint density at radius 2 is 1.93 bits per heavy atom. The molecule has 1 heterocycles. The van der Waals surface area contributed by atoms with Crippen molar-refractivity contribution in [1.29, 1.82) is 0 Å². The van der Waals surface area contributed by atoms with Gasteiger partial charge in [-0.1, -0.05) is 35.9 Å². The summed E-state index contributed by atoms with van der Waals surface area (Å²) in [7, 11) is 0. The monoisotopic (exact) mass is 397 g/mol. The van der Waals surface area contributed by atoms with Crippen molar-refractivity contribution < 1.29 is 4.92 Å². The molecular weight excluding hydrogens is 378 g/mol. The molecule has 28 heavy (non-hydrogen) atoms. The maximum absolute atomic E-state index is 11.9. The molecule has 0 spiro atoms. The quantitative estimate of drug-likeness (QED) is 0.440. The summed E-state index contributed by atoms with van der Waals surface area (Å²) in [6.07, 6.45) is 1.34. The second-order valence-corrected chi connectivity index (χ2v) is 6.65. The maximum Gasteiger partial charge on any atom is 0.353 e. The molecule has 0 saturated heterocycles. The van der Waals surface area contributed by atoms with Crippen LogP contribution in [0.1, 0.15) is 18.1 Å². The first kappa shape index (κ1) is 19.6. The fourth-order valence-electron chi connectivity index (χ4n) is 2.90. The summed E-state index contributed by atoms with van der Waals surface area (Å²) >= 11 is 5.90. The number of anilines is 3. The molecule has 3 aromatic rings. The Kier molecular flexibility index (Phi) is 6.06. The highest BCUT2D eigenvalue weighted by molar-refractivity contribution is 6.30. The Bertz CT molecular complexity index is 979. The minimum Gasteiger partial charge on any atom is -0.360 e. The van der Waals surface area contributed by atoms with Crippen molar-refractivity contribution in [3.05, 3.63) is 81.1 Å². The van der Waals surface area contributed by atoms with Crippen LogP contribution in [0.4, 0.5) is 23.0 Å². The number of hydrogen-bond donors (Lipinski definition) is 1. The molecule has 7 nitrogen and oxygen atoms in total. The third-order valence-corrected chi connectivity index (χ3v) is 4.50. The Morgan fingerprint density at radius 1 is 1.18 bits per heavy atom. The predicted molar refractivity (Wildman–Crippen MR) is 111 cm³/mol. The Labute approximate surface area is 168 Å². The molecule has 3 rings (SSSR count). The van der Waals surface area contributed by atoms with Gasteiger partial charge in [0, 0.05) is 23.8 Å². The van der Waals surface area contributed by atoms with Crippen LogP contribution in [0.15, 0.2) is 54.9 Å². The van der Waals surface area contributed by atoms with Gasteiger partial charge in [0.05, 0.1) is 4.92 Å². The SMILES string of the molecule is CCN(c1cccc(C)c1)c1ncnc(NCc2ccc(Cl)cc2)c1[N+](=O)[O-]. The highest BCUT2D eigenvalue weighted by atomic mass is 35.5. The van der Waals surface area contributed by atoms with Crippen LogP contribution >= 0.6 is 11.6 Å². The number of aromatic nitrogens is 2. The lowest BCUT2D eigenvalue weighted by atomic mass is 10.2. The molecule has 1 aromatic heterocycles. The number of halogens is 1. The Hall–Kier alpha value is -3.19. The van der Waals surface area contributed by atoms with Gasteiger partial charge in [0.1, 0.15) is 6.33 Å². The molecule has 0 atom stereocenters. The predicted octanol–water partition coefficient (Wildman–Crippen LogP) is 5.12. The van der Waals surface area contributed by atoms with E-state index in [0.717, 1.165) is 16.8 Å². The van der Waals surface area contributed by atoms with Gasteiger partial charge >= 0.3 is 5.69 Å². The summed E-state index contributed by atoms with van der Waals surface area (Å²) in [5.41, 5.74) is 2.69. The number of benzene rings is 2. The lowest BCUT2D eigenvalue weighted by Crippen LogP contribution is -2.20. The van der Waals surface area contributed by atoms with Gasteiger partial charge in [0.2, 0.25) is 11.6 Å². The van der Waals surface area contributed by atoms with Gasteiger partial charge in [0.15, 0.2) is 0 Å². The lowest BCUT2D eigenvalue weighted by molar-refractivity contribution is -0.383. The molecule has 0 saturated carbocycles. The fraction of sp³-hybridized carbons (Fsp3) is 0.200. The molecule has 0 unspecified atom stereocenters. The first-order chi connectivity index (χ1) is 13.5. The molecular formula is C20H20ClN5O2. The summed E-state index contributed by atoms with van der Waals surface area (Å²) in [6.45, 7) is 4.81. The van der Waals surface area contributed by atoms with Crippen molar-refractivity contribution >= 4 is 34.6 Å². The van der Waals surface area contributed by atoms with Gasteiger partial charge in [-0.2, -0.15) is 0 Å². The number of nitro groups is 1. The van der Waals surface area contributed by atoms with E-state index in [1.807, 2.05) is 50.2 Å². The molecule has 8 heteroatoms. The molecule has 1 N–H and O–H groups in total. The highest BCUT2D eigenvalue weighted by Gasteiger charge is 2.27. The van der Waals surface area contributed by atoms with E-state index in [1.54, 1.807) is 17.0 Å². The average Bonchev–Trinajstić information content (AvgIpc) is 2.68. The van der Waals surface area contributed by atoms with E-state index in [2.05, 4.69) is 15.3 Å². The topological polar surface area (TPSA) is 84.2 Å². The molecule has 144 valence electrons. The minimum atomic E-state index is -0.446. The van der Waals surface area contributed by atoms with Crippen LogP contribution < -0.4 is 10.2 Å². The van der Waals surface area contributed by atoms with Crippen molar-refractivity contribution in [3.8, 4) is 0 Å². The summed E-state index contributed by atoms with van der Waals surface area (Å²) < 4.78 is 0. The highest BCUT2D eigenvalue weighted by Crippen LogP contribution is 2.36. The van der Waals surface area contributed by atoms with E-state index in [4.69, 9.17) is 11.6 Å². The van der Waals surface area contributed by atoms with Crippen LogP contribution in [0.5, 0.6) is 0 Å². The van der Waals surface area contributed by atoms with E-state index in [1.165, 1.54) is 6.33 Å². The van der Waals surface area contributed by atoms with Gasteiger partial charge in [-0.15, -0.1) is 0 Å². The number of aryl methyl sites for hydroxylation is 1. The number of nitrogens with zero attached hydrogens (tertiary/aromatic N) is 4. The average molecular weight is 398 g/mol. The van der Waals surface area contributed by atoms with Crippen LogP contribution in [0.25, 0.3) is 0 Å². The molecule has 0 fully saturated rings. The number of nitrogens with one attached hydrogen (secondary N) is 1. The van der Waals surface area contributed by atoms with Crippen molar-refractivity contribution in [1.82, 2.24) is 9.97 Å². The van der Waals surface area contributed by atoms with Gasteiger partial charge in [-0.25, -0.2) is 9.97 Å².